The molecule has 2 fully saturated rings. The van der Waals surface area contributed by atoms with Crippen LogP contribution in [0.25, 0.3) is 0 Å². The SMILES string of the molecule is Cc1nnc(CN2CCC3(CC2)OCC[C@@](C)(NC(=O)c2cccc(O)c2)[C@@H]3O)o1. The van der Waals surface area contributed by atoms with Crippen LogP contribution in [0, 0.1) is 6.92 Å². The molecule has 2 aliphatic heterocycles. The van der Waals surface area contributed by atoms with Crippen molar-refractivity contribution in [1.82, 2.24) is 20.4 Å². The number of piperidine rings is 1. The van der Waals surface area contributed by atoms with Gasteiger partial charge in [-0.1, -0.05) is 6.07 Å². The molecule has 30 heavy (non-hydrogen) atoms. The highest BCUT2D eigenvalue weighted by atomic mass is 16.5. The molecular formula is C21H28N4O5. The van der Waals surface area contributed by atoms with Crippen LogP contribution in [0.15, 0.2) is 28.7 Å². The maximum absolute atomic E-state index is 12.7. The molecule has 0 aliphatic carbocycles. The second kappa shape index (κ2) is 7.98. The summed E-state index contributed by atoms with van der Waals surface area (Å²) in [7, 11) is 0. The lowest BCUT2D eigenvalue weighted by molar-refractivity contribution is -0.206. The number of aliphatic hydroxyl groups is 1. The smallest absolute Gasteiger partial charge is 0.251 e. The quantitative estimate of drug-likeness (QED) is 0.684. The van der Waals surface area contributed by atoms with Gasteiger partial charge >= 0.3 is 0 Å². The number of aliphatic hydroxyl groups excluding tert-OH is 1. The number of ether oxygens (including phenoxy) is 1. The summed E-state index contributed by atoms with van der Waals surface area (Å²) < 4.78 is 11.6. The Balaban J connectivity index is 1.42. The van der Waals surface area contributed by atoms with Crippen LogP contribution in [0.1, 0.15) is 48.3 Å². The van der Waals surface area contributed by atoms with Gasteiger partial charge in [0, 0.05) is 32.2 Å². The van der Waals surface area contributed by atoms with E-state index < -0.39 is 17.2 Å². The number of aromatic hydroxyl groups is 1. The Hall–Kier alpha value is -2.49. The van der Waals surface area contributed by atoms with Gasteiger partial charge in [-0.25, -0.2) is 0 Å². The van der Waals surface area contributed by atoms with Crippen LogP contribution in [0.2, 0.25) is 0 Å². The molecule has 3 heterocycles. The first-order chi connectivity index (χ1) is 14.3. The summed E-state index contributed by atoms with van der Waals surface area (Å²) in [4.78, 5) is 14.9. The van der Waals surface area contributed by atoms with Crippen LogP contribution in [-0.2, 0) is 11.3 Å². The van der Waals surface area contributed by atoms with Crippen molar-refractivity contribution in [3.8, 4) is 5.75 Å². The van der Waals surface area contributed by atoms with E-state index in [-0.39, 0.29) is 11.7 Å². The zero-order valence-corrected chi connectivity index (χ0v) is 17.3. The van der Waals surface area contributed by atoms with Crippen LogP contribution in [0.3, 0.4) is 0 Å². The van der Waals surface area contributed by atoms with E-state index in [9.17, 15) is 15.0 Å². The van der Waals surface area contributed by atoms with Crippen molar-refractivity contribution in [3.05, 3.63) is 41.6 Å². The molecule has 1 aromatic heterocycles. The molecule has 1 spiro atoms. The van der Waals surface area contributed by atoms with Gasteiger partial charge in [0.25, 0.3) is 5.91 Å². The van der Waals surface area contributed by atoms with Gasteiger partial charge in [-0.15, -0.1) is 10.2 Å². The summed E-state index contributed by atoms with van der Waals surface area (Å²) in [6.07, 6.45) is 0.927. The zero-order chi connectivity index (χ0) is 21.4. The maximum atomic E-state index is 12.7. The topological polar surface area (TPSA) is 121 Å². The number of rotatable bonds is 4. The molecular weight excluding hydrogens is 388 g/mol. The van der Waals surface area contributed by atoms with E-state index in [1.165, 1.54) is 12.1 Å². The number of likely N-dealkylation sites (tertiary alicyclic amines) is 1. The Kier molecular flexibility index (Phi) is 5.52. The highest BCUT2D eigenvalue weighted by molar-refractivity contribution is 5.95. The number of amides is 1. The number of nitrogens with zero attached hydrogens (tertiary/aromatic N) is 3. The molecule has 2 saturated heterocycles. The lowest BCUT2D eigenvalue weighted by atomic mass is 9.73. The first-order valence-corrected chi connectivity index (χ1v) is 10.2. The summed E-state index contributed by atoms with van der Waals surface area (Å²) >= 11 is 0. The average Bonchev–Trinajstić information content (AvgIpc) is 3.12. The molecule has 9 nitrogen and oxygen atoms in total. The molecule has 0 unspecified atom stereocenters. The van der Waals surface area contributed by atoms with Gasteiger partial charge in [-0.05, 0) is 44.4 Å². The van der Waals surface area contributed by atoms with E-state index in [1.807, 2.05) is 6.92 Å². The summed E-state index contributed by atoms with van der Waals surface area (Å²) in [5.41, 5.74) is -1.18. The van der Waals surface area contributed by atoms with Crippen LogP contribution < -0.4 is 5.32 Å². The molecule has 0 bridgehead atoms. The minimum atomic E-state index is -0.854. The molecule has 2 atom stereocenters. The van der Waals surface area contributed by atoms with Crippen LogP contribution in [0.4, 0.5) is 0 Å². The average molecular weight is 416 g/mol. The van der Waals surface area contributed by atoms with Crippen LogP contribution in [0.5, 0.6) is 5.75 Å². The second-order valence-electron chi connectivity index (χ2n) is 8.48. The number of aromatic nitrogens is 2. The van der Waals surface area contributed by atoms with Crippen molar-refractivity contribution in [2.75, 3.05) is 19.7 Å². The lowest BCUT2D eigenvalue weighted by Crippen LogP contribution is -2.69. The number of carbonyl (C=O) groups is 1. The van der Waals surface area contributed by atoms with E-state index in [0.717, 1.165) is 13.1 Å². The number of carbonyl (C=O) groups excluding carboxylic acids is 1. The summed E-state index contributed by atoms with van der Waals surface area (Å²) in [6.45, 7) is 6.08. The third-order valence-corrected chi connectivity index (χ3v) is 6.25. The zero-order valence-electron chi connectivity index (χ0n) is 17.3. The molecule has 2 aliphatic rings. The molecule has 1 aromatic carbocycles. The Morgan fingerprint density at radius 3 is 2.73 bits per heavy atom. The van der Waals surface area contributed by atoms with E-state index >= 15 is 0 Å². The van der Waals surface area contributed by atoms with Crippen molar-refractivity contribution in [1.29, 1.82) is 0 Å². The molecule has 0 saturated carbocycles. The normalized spacial score (nSPS) is 26.6. The predicted octanol–water partition coefficient (Wildman–Crippen LogP) is 1.39. The first-order valence-electron chi connectivity index (χ1n) is 10.2. The van der Waals surface area contributed by atoms with E-state index in [1.54, 1.807) is 19.1 Å². The van der Waals surface area contributed by atoms with Gasteiger partial charge in [-0.2, -0.15) is 0 Å². The molecule has 0 radical (unpaired) electrons. The van der Waals surface area contributed by atoms with E-state index in [4.69, 9.17) is 9.15 Å². The van der Waals surface area contributed by atoms with Crippen molar-refractivity contribution in [2.24, 2.45) is 0 Å². The Morgan fingerprint density at radius 1 is 1.30 bits per heavy atom. The highest BCUT2D eigenvalue weighted by Crippen LogP contribution is 2.40. The van der Waals surface area contributed by atoms with Crippen molar-refractivity contribution in [3.63, 3.8) is 0 Å². The van der Waals surface area contributed by atoms with Crippen LogP contribution in [-0.4, -0.2) is 68.2 Å². The minimum Gasteiger partial charge on any atom is -0.508 e. The third kappa shape index (κ3) is 4.05. The van der Waals surface area contributed by atoms with Gasteiger partial charge in [0.15, 0.2) is 0 Å². The van der Waals surface area contributed by atoms with Crippen molar-refractivity contribution < 1.29 is 24.2 Å². The van der Waals surface area contributed by atoms with Crippen LogP contribution >= 0.6 is 0 Å². The molecule has 2 aromatic rings. The van der Waals surface area contributed by atoms with Gasteiger partial charge < -0.3 is 24.7 Å². The molecule has 4 rings (SSSR count). The number of phenolic OH excluding ortho intramolecular Hbond substituents is 1. The second-order valence-corrected chi connectivity index (χ2v) is 8.48. The minimum absolute atomic E-state index is 0.0283. The predicted molar refractivity (Wildman–Crippen MR) is 107 cm³/mol. The number of aryl methyl sites for hydroxylation is 1. The largest absolute Gasteiger partial charge is 0.508 e. The molecule has 3 N–H and O–H groups in total. The monoisotopic (exact) mass is 416 g/mol. The highest BCUT2D eigenvalue weighted by Gasteiger charge is 2.53. The van der Waals surface area contributed by atoms with Gasteiger partial charge in [-0.3, -0.25) is 9.69 Å². The lowest BCUT2D eigenvalue weighted by Gasteiger charge is -2.53. The molecule has 162 valence electrons. The van der Waals surface area contributed by atoms with Gasteiger partial charge in [0.2, 0.25) is 11.8 Å². The number of benzene rings is 1. The summed E-state index contributed by atoms with van der Waals surface area (Å²) in [5, 5.41) is 31.8. The Labute approximate surface area is 175 Å². The summed E-state index contributed by atoms with van der Waals surface area (Å²) in [6, 6.07) is 6.19. The molecule has 1 amide bonds. The maximum Gasteiger partial charge on any atom is 0.251 e. The number of phenols is 1. The van der Waals surface area contributed by atoms with E-state index in [2.05, 4.69) is 20.4 Å². The summed E-state index contributed by atoms with van der Waals surface area (Å²) in [5.74, 6) is 0.828. The number of hydrogen-bond donors (Lipinski definition) is 3. The number of nitrogens with one attached hydrogen (secondary N) is 1. The van der Waals surface area contributed by atoms with Crippen molar-refractivity contribution >= 4 is 5.91 Å². The fraction of sp³-hybridized carbons (Fsp3) is 0.571. The Morgan fingerprint density at radius 2 is 2.07 bits per heavy atom. The standard InChI is InChI=1S/C21H28N4O5/c1-14-23-24-17(30-14)13-25-9-6-21(7-10-25)19(28)20(2,8-11-29-21)22-18(27)15-4-3-5-16(26)12-15/h3-5,12,19,26,28H,6-11,13H2,1-2H3,(H,22,27)/t19-,20+/m0/s1. The number of hydrogen-bond acceptors (Lipinski definition) is 8. The third-order valence-electron chi connectivity index (χ3n) is 6.25. The Bertz CT molecular complexity index is 908. The van der Waals surface area contributed by atoms with Crippen molar-refractivity contribution in [2.45, 2.75) is 56.9 Å². The van der Waals surface area contributed by atoms with Gasteiger partial charge in [0.1, 0.15) is 11.9 Å². The molecule has 9 heteroatoms. The first kappa shape index (κ1) is 20.8. The van der Waals surface area contributed by atoms with E-state index in [0.29, 0.717) is 49.8 Å². The van der Waals surface area contributed by atoms with Gasteiger partial charge in [0.05, 0.1) is 17.7 Å². The fourth-order valence-corrected chi connectivity index (χ4v) is 4.47. The fourth-order valence-electron chi connectivity index (χ4n) is 4.47.